The van der Waals surface area contributed by atoms with Gasteiger partial charge in [-0.05, 0) is 43.2 Å². The molecule has 0 spiro atoms. The molecule has 0 unspecified atom stereocenters. The number of amides is 3. The Morgan fingerprint density at radius 3 is 2.47 bits per heavy atom. The lowest BCUT2D eigenvalue weighted by Crippen LogP contribution is -2.41. The minimum atomic E-state index is -3.63. The van der Waals surface area contributed by atoms with Gasteiger partial charge in [-0.1, -0.05) is 0 Å². The summed E-state index contributed by atoms with van der Waals surface area (Å²) in [6.45, 7) is 0.467. The van der Waals surface area contributed by atoms with E-state index in [1.807, 2.05) is 0 Å². The highest BCUT2D eigenvalue weighted by Crippen LogP contribution is 2.27. The number of nitrogens with one attached hydrogen (secondary N) is 1. The van der Waals surface area contributed by atoms with Crippen molar-refractivity contribution in [3.8, 4) is 0 Å². The van der Waals surface area contributed by atoms with E-state index in [-0.39, 0.29) is 41.3 Å². The molecule has 0 aliphatic carbocycles. The molecule has 0 bridgehead atoms. The van der Waals surface area contributed by atoms with E-state index >= 15 is 0 Å². The zero-order valence-electron chi connectivity index (χ0n) is 16.2. The van der Waals surface area contributed by atoms with Crippen LogP contribution in [0.5, 0.6) is 0 Å². The maximum atomic E-state index is 12.7. The van der Waals surface area contributed by atoms with E-state index < -0.39 is 15.9 Å². The van der Waals surface area contributed by atoms with Gasteiger partial charge < -0.3 is 5.32 Å². The van der Waals surface area contributed by atoms with Crippen LogP contribution in [0.15, 0.2) is 47.6 Å². The molecule has 2 aliphatic heterocycles. The first-order valence-electron chi connectivity index (χ1n) is 9.46. The average Bonchev–Trinajstić information content (AvgIpc) is 2.98. The Labute approximate surface area is 173 Å². The SMILES string of the molecule is CN1C(=O)c2ccc(NC(=O)C3CCN(S(=O)(=O)c4cccnc4)CC3)cc2C1=O. The number of benzene rings is 1. The Morgan fingerprint density at radius 1 is 1.10 bits per heavy atom. The van der Waals surface area contributed by atoms with Gasteiger partial charge in [0.25, 0.3) is 11.8 Å². The summed E-state index contributed by atoms with van der Waals surface area (Å²) in [7, 11) is -2.22. The standard InChI is InChI=1S/C20H20N4O5S/c1-23-19(26)16-5-4-14(11-17(16)20(23)27)22-18(25)13-6-9-24(10-7-13)30(28,29)15-3-2-8-21-12-15/h2-5,8,11-13H,6-7,9-10H2,1H3,(H,22,25). The van der Waals surface area contributed by atoms with E-state index in [9.17, 15) is 22.8 Å². The highest BCUT2D eigenvalue weighted by atomic mass is 32.2. The van der Waals surface area contributed by atoms with Gasteiger partial charge in [0, 0.05) is 44.1 Å². The summed E-state index contributed by atoms with van der Waals surface area (Å²) < 4.78 is 26.7. The van der Waals surface area contributed by atoms with Crippen molar-refractivity contribution in [2.45, 2.75) is 17.7 Å². The number of carbonyl (C=O) groups excluding carboxylic acids is 3. The van der Waals surface area contributed by atoms with Crippen molar-refractivity contribution in [2.75, 3.05) is 25.5 Å². The minimum Gasteiger partial charge on any atom is -0.326 e. The molecule has 10 heteroatoms. The normalized spacial score (nSPS) is 17.8. The maximum absolute atomic E-state index is 12.7. The third-order valence-electron chi connectivity index (χ3n) is 5.45. The maximum Gasteiger partial charge on any atom is 0.261 e. The van der Waals surface area contributed by atoms with E-state index in [1.54, 1.807) is 12.1 Å². The largest absolute Gasteiger partial charge is 0.326 e. The molecule has 2 aromatic rings. The highest BCUT2D eigenvalue weighted by Gasteiger charge is 2.34. The Morgan fingerprint density at radius 2 is 1.80 bits per heavy atom. The molecule has 3 amide bonds. The van der Waals surface area contributed by atoms with Crippen molar-refractivity contribution >= 4 is 33.4 Å². The molecule has 2 aliphatic rings. The Hall–Kier alpha value is -3.11. The van der Waals surface area contributed by atoms with Crippen LogP contribution in [0.4, 0.5) is 5.69 Å². The molecule has 0 saturated carbocycles. The molecule has 3 heterocycles. The van der Waals surface area contributed by atoms with Crippen LogP contribution >= 0.6 is 0 Å². The third-order valence-corrected chi connectivity index (χ3v) is 7.34. The van der Waals surface area contributed by atoms with Gasteiger partial charge in [-0.3, -0.25) is 24.3 Å². The fourth-order valence-electron chi connectivity index (χ4n) is 3.69. The highest BCUT2D eigenvalue weighted by molar-refractivity contribution is 7.89. The summed E-state index contributed by atoms with van der Waals surface area (Å²) in [5.74, 6) is -1.35. The summed E-state index contributed by atoms with van der Waals surface area (Å²) >= 11 is 0. The Balaban J connectivity index is 1.40. The molecular weight excluding hydrogens is 408 g/mol. The molecule has 9 nitrogen and oxygen atoms in total. The lowest BCUT2D eigenvalue weighted by atomic mass is 9.97. The quantitative estimate of drug-likeness (QED) is 0.735. The van der Waals surface area contributed by atoms with Crippen molar-refractivity contribution in [1.82, 2.24) is 14.2 Å². The van der Waals surface area contributed by atoms with Crippen molar-refractivity contribution in [2.24, 2.45) is 5.92 Å². The lowest BCUT2D eigenvalue weighted by molar-refractivity contribution is -0.120. The molecule has 1 aromatic carbocycles. The van der Waals surface area contributed by atoms with E-state index in [1.165, 1.54) is 41.9 Å². The first kappa shape index (κ1) is 20.2. The summed E-state index contributed by atoms with van der Waals surface area (Å²) in [5, 5.41) is 2.78. The molecule has 1 fully saturated rings. The number of sulfonamides is 1. The molecule has 0 atom stereocenters. The van der Waals surface area contributed by atoms with Crippen LogP contribution in [0.25, 0.3) is 0 Å². The first-order valence-corrected chi connectivity index (χ1v) is 10.9. The summed E-state index contributed by atoms with van der Waals surface area (Å²) in [4.78, 5) is 41.8. The Bertz CT molecular complexity index is 1130. The summed E-state index contributed by atoms with van der Waals surface area (Å²) in [6.07, 6.45) is 3.59. The van der Waals surface area contributed by atoms with Crippen LogP contribution < -0.4 is 5.32 Å². The number of imide groups is 1. The number of nitrogens with zero attached hydrogens (tertiary/aromatic N) is 3. The number of carbonyl (C=O) groups is 3. The first-order chi connectivity index (χ1) is 14.3. The molecule has 1 saturated heterocycles. The van der Waals surface area contributed by atoms with Crippen LogP contribution in [0.1, 0.15) is 33.6 Å². The van der Waals surface area contributed by atoms with E-state index in [0.717, 1.165) is 4.90 Å². The number of fused-ring (bicyclic) bond motifs is 1. The van der Waals surface area contributed by atoms with Gasteiger partial charge in [0.1, 0.15) is 4.90 Å². The van der Waals surface area contributed by atoms with Gasteiger partial charge in [-0.2, -0.15) is 4.31 Å². The molecule has 0 radical (unpaired) electrons. The predicted octanol–water partition coefficient (Wildman–Crippen LogP) is 1.35. The number of anilines is 1. The second kappa shape index (κ2) is 7.62. The van der Waals surface area contributed by atoms with E-state index in [2.05, 4.69) is 10.3 Å². The fraction of sp³-hybridized carbons (Fsp3) is 0.300. The second-order valence-corrected chi connectivity index (χ2v) is 9.22. The van der Waals surface area contributed by atoms with Gasteiger partial charge in [0.05, 0.1) is 11.1 Å². The molecule has 1 N–H and O–H groups in total. The topological polar surface area (TPSA) is 117 Å². The number of hydrogen-bond donors (Lipinski definition) is 1. The summed E-state index contributed by atoms with van der Waals surface area (Å²) in [6, 6.07) is 7.68. The number of piperidine rings is 1. The van der Waals surface area contributed by atoms with Crippen molar-refractivity contribution < 1.29 is 22.8 Å². The van der Waals surface area contributed by atoms with Crippen molar-refractivity contribution in [1.29, 1.82) is 0 Å². The third kappa shape index (κ3) is 3.48. The average molecular weight is 428 g/mol. The number of rotatable bonds is 4. The minimum absolute atomic E-state index is 0.134. The van der Waals surface area contributed by atoms with Crippen LogP contribution in [0.2, 0.25) is 0 Å². The fourth-order valence-corrected chi connectivity index (χ4v) is 5.12. The molecule has 156 valence electrons. The van der Waals surface area contributed by atoms with Gasteiger partial charge >= 0.3 is 0 Å². The van der Waals surface area contributed by atoms with Crippen LogP contribution in [0, 0.1) is 5.92 Å². The van der Waals surface area contributed by atoms with Crippen LogP contribution in [-0.4, -0.2) is 60.5 Å². The van der Waals surface area contributed by atoms with Gasteiger partial charge in [-0.25, -0.2) is 8.42 Å². The second-order valence-electron chi connectivity index (χ2n) is 7.29. The summed E-state index contributed by atoms with van der Waals surface area (Å²) in [5.41, 5.74) is 1.01. The molecule has 4 rings (SSSR count). The predicted molar refractivity (Wildman–Crippen MR) is 107 cm³/mol. The smallest absolute Gasteiger partial charge is 0.261 e. The zero-order valence-corrected chi connectivity index (χ0v) is 17.1. The van der Waals surface area contributed by atoms with Crippen molar-refractivity contribution in [3.63, 3.8) is 0 Å². The van der Waals surface area contributed by atoms with Gasteiger partial charge in [0.2, 0.25) is 15.9 Å². The molecular formula is C20H20N4O5S. The monoisotopic (exact) mass is 428 g/mol. The van der Waals surface area contributed by atoms with Crippen molar-refractivity contribution in [3.05, 3.63) is 53.9 Å². The van der Waals surface area contributed by atoms with Gasteiger partial charge in [0.15, 0.2) is 0 Å². The Kier molecular flexibility index (Phi) is 5.12. The number of hydrogen-bond acceptors (Lipinski definition) is 6. The van der Waals surface area contributed by atoms with E-state index in [4.69, 9.17) is 0 Å². The zero-order chi connectivity index (χ0) is 21.5. The van der Waals surface area contributed by atoms with Crippen LogP contribution in [0.3, 0.4) is 0 Å². The van der Waals surface area contributed by atoms with Gasteiger partial charge in [-0.15, -0.1) is 0 Å². The lowest BCUT2D eigenvalue weighted by Gasteiger charge is -2.30. The van der Waals surface area contributed by atoms with E-state index in [0.29, 0.717) is 24.1 Å². The molecule has 1 aromatic heterocycles. The molecule has 30 heavy (non-hydrogen) atoms. The van der Waals surface area contributed by atoms with Crippen LogP contribution in [-0.2, 0) is 14.8 Å². The number of aromatic nitrogens is 1. The number of pyridine rings is 1.